The minimum atomic E-state index is -2.71. The molecule has 8 nitrogen and oxygen atoms in total. The number of hydrogen-bond donors (Lipinski definition) is 0. The molecular formula is C13H19F2N7O. The first-order valence-electron chi connectivity index (χ1n) is 7.41. The monoisotopic (exact) mass is 327 g/mol. The van der Waals surface area contributed by atoms with E-state index in [4.69, 9.17) is 4.74 Å². The van der Waals surface area contributed by atoms with Crippen molar-refractivity contribution in [2.75, 3.05) is 31.7 Å². The standard InChI is InChI=1S/C13H19F2N7O/c1-20-9-16-10(19-20)11-17-18-12(22(11)6-7-23-2)21-5-3-4-13(14,15)8-21/h9H,3-8H2,1-2H3. The number of hydrogen-bond acceptors (Lipinski definition) is 6. The molecule has 3 heterocycles. The van der Waals surface area contributed by atoms with Crippen molar-refractivity contribution in [1.29, 1.82) is 0 Å². The maximum absolute atomic E-state index is 13.7. The number of piperidine rings is 1. The fraction of sp³-hybridized carbons (Fsp3) is 0.692. The van der Waals surface area contributed by atoms with Crippen LogP contribution in [0.3, 0.4) is 0 Å². The Labute approximate surface area is 132 Å². The lowest BCUT2D eigenvalue weighted by atomic mass is 10.1. The highest BCUT2D eigenvalue weighted by atomic mass is 19.3. The van der Waals surface area contributed by atoms with Crippen molar-refractivity contribution < 1.29 is 13.5 Å². The van der Waals surface area contributed by atoms with Gasteiger partial charge in [-0.15, -0.1) is 15.3 Å². The molecule has 1 aliphatic rings. The minimum Gasteiger partial charge on any atom is -0.383 e. The fourth-order valence-corrected chi connectivity index (χ4v) is 2.66. The summed E-state index contributed by atoms with van der Waals surface area (Å²) in [5.41, 5.74) is 0. The zero-order valence-electron chi connectivity index (χ0n) is 13.1. The third-order valence-corrected chi connectivity index (χ3v) is 3.73. The first-order valence-corrected chi connectivity index (χ1v) is 7.41. The van der Waals surface area contributed by atoms with Gasteiger partial charge in [-0.2, -0.15) is 0 Å². The maximum Gasteiger partial charge on any atom is 0.265 e. The smallest absolute Gasteiger partial charge is 0.265 e. The number of methoxy groups -OCH3 is 1. The molecule has 0 bridgehead atoms. The van der Waals surface area contributed by atoms with Crippen molar-refractivity contribution in [3.63, 3.8) is 0 Å². The average molecular weight is 327 g/mol. The van der Waals surface area contributed by atoms with Crippen LogP contribution < -0.4 is 4.90 Å². The Bertz CT molecular complexity index is 669. The summed E-state index contributed by atoms with van der Waals surface area (Å²) in [7, 11) is 3.33. The van der Waals surface area contributed by atoms with E-state index in [1.165, 1.54) is 0 Å². The van der Waals surface area contributed by atoms with Gasteiger partial charge in [-0.3, -0.25) is 9.25 Å². The van der Waals surface area contributed by atoms with Gasteiger partial charge in [0.15, 0.2) is 0 Å². The lowest BCUT2D eigenvalue weighted by molar-refractivity contribution is -0.0122. The van der Waals surface area contributed by atoms with E-state index in [0.29, 0.717) is 43.7 Å². The Hall–Kier alpha value is -2.10. The van der Waals surface area contributed by atoms with E-state index in [9.17, 15) is 8.78 Å². The highest BCUT2D eigenvalue weighted by molar-refractivity contribution is 5.48. The molecule has 0 unspecified atom stereocenters. The molecule has 0 atom stereocenters. The van der Waals surface area contributed by atoms with Crippen LogP contribution in [-0.2, 0) is 18.3 Å². The Morgan fingerprint density at radius 2 is 2.17 bits per heavy atom. The van der Waals surface area contributed by atoms with Crippen molar-refractivity contribution in [3.8, 4) is 11.6 Å². The van der Waals surface area contributed by atoms with E-state index in [1.54, 1.807) is 34.6 Å². The Kier molecular flexibility index (Phi) is 4.24. The van der Waals surface area contributed by atoms with Crippen LogP contribution in [0.2, 0.25) is 0 Å². The molecule has 0 amide bonds. The zero-order valence-corrected chi connectivity index (χ0v) is 13.1. The minimum absolute atomic E-state index is 0.0929. The van der Waals surface area contributed by atoms with Crippen LogP contribution in [0.15, 0.2) is 6.33 Å². The summed E-state index contributed by atoms with van der Waals surface area (Å²) in [5.74, 6) is -1.44. The molecule has 3 rings (SSSR count). The van der Waals surface area contributed by atoms with Crippen molar-refractivity contribution in [2.24, 2.45) is 7.05 Å². The Balaban J connectivity index is 1.95. The van der Waals surface area contributed by atoms with Crippen molar-refractivity contribution in [3.05, 3.63) is 6.33 Å². The SMILES string of the molecule is COCCn1c(-c2ncn(C)n2)nnc1N1CCCC(F)(F)C1. The van der Waals surface area contributed by atoms with Crippen LogP contribution in [-0.4, -0.2) is 62.3 Å². The van der Waals surface area contributed by atoms with Gasteiger partial charge >= 0.3 is 0 Å². The Morgan fingerprint density at radius 3 is 2.83 bits per heavy atom. The first kappa shape index (κ1) is 15.8. The van der Waals surface area contributed by atoms with Gasteiger partial charge in [0.1, 0.15) is 6.33 Å². The third kappa shape index (κ3) is 3.31. The number of aryl methyl sites for hydroxylation is 1. The highest BCUT2D eigenvalue weighted by Crippen LogP contribution is 2.30. The van der Waals surface area contributed by atoms with Crippen molar-refractivity contribution in [1.82, 2.24) is 29.5 Å². The quantitative estimate of drug-likeness (QED) is 0.814. The van der Waals surface area contributed by atoms with Crippen LogP contribution in [0.25, 0.3) is 11.6 Å². The molecule has 2 aromatic rings. The number of nitrogens with zero attached hydrogens (tertiary/aromatic N) is 7. The van der Waals surface area contributed by atoms with Gasteiger partial charge in [-0.05, 0) is 6.42 Å². The third-order valence-electron chi connectivity index (χ3n) is 3.73. The number of anilines is 1. The van der Waals surface area contributed by atoms with Crippen LogP contribution in [0.5, 0.6) is 0 Å². The van der Waals surface area contributed by atoms with Gasteiger partial charge in [-0.1, -0.05) is 0 Å². The van der Waals surface area contributed by atoms with Crippen LogP contribution >= 0.6 is 0 Å². The molecule has 0 N–H and O–H groups in total. The fourth-order valence-electron chi connectivity index (χ4n) is 2.66. The molecule has 2 aromatic heterocycles. The van der Waals surface area contributed by atoms with Gasteiger partial charge in [0.05, 0.1) is 19.7 Å². The van der Waals surface area contributed by atoms with Gasteiger partial charge < -0.3 is 9.64 Å². The molecular weight excluding hydrogens is 308 g/mol. The molecule has 10 heteroatoms. The van der Waals surface area contributed by atoms with E-state index >= 15 is 0 Å². The van der Waals surface area contributed by atoms with Crippen LogP contribution in [0, 0.1) is 0 Å². The summed E-state index contributed by atoms with van der Waals surface area (Å²) in [6, 6.07) is 0. The number of halogens is 2. The van der Waals surface area contributed by atoms with E-state index in [1.807, 2.05) is 0 Å². The average Bonchev–Trinajstić information content (AvgIpc) is 3.09. The normalized spacial score (nSPS) is 17.7. The van der Waals surface area contributed by atoms with Gasteiger partial charge in [0.2, 0.25) is 17.6 Å². The highest BCUT2D eigenvalue weighted by Gasteiger charge is 2.37. The van der Waals surface area contributed by atoms with Crippen LogP contribution in [0.4, 0.5) is 14.7 Å². The lowest BCUT2D eigenvalue weighted by Gasteiger charge is -2.33. The van der Waals surface area contributed by atoms with Gasteiger partial charge in [0.25, 0.3) is 5.92 Å². The molecule has 1 fully saturated rings. The molecule has 0 radical (unpaired) electrons. The topological polar surface area (TPSA) is 73.9 Å². The molecule has 0 aromatic carbocycles. The van der Waals surface area contributed by atoms with Crippen molar-refractivity contribution >= 4 is 5.95 Å². The second kappa shape index (κ2) is 6.19. The summed E-state index contributed by atoms with van der Waals surface area (Å²) >= 11 is 0. The van der Waals surface area contributed by atoms with Crippen LogP contribution in [0.1, 0.15) is 12.8 Å². The first-order chi connectivity index (χ1) is 11.0. The summed E-state index contributed by atoms with van der Waals surface area (Å²) in [6.45, 7) is 1.02. The molecule has 0 aliphatic carbocycles. The van der Waals surface area contributed by atoms with Gasteiger partial charge in [0, 0.05) is 27.1 Å². The molecule has 1 aliphatic heterocycles. The largest absolute Gasteiger partial charge is 0.383 e. The second-order valence-electron chi connectivity index (χ2n) is 5.59. The predicted molar refractivity (Wildman–Crippen MR) is 78.3 cm³/mol. The van der Waals surface area contributed by atoms with E-state index in [0.717, 1.165) is 0 Å². The van der Waals surface area contributed by atoms with E-state index in [-0.39, 0.29) is 13.0 Å². The number of ether oxygens (including phenoxy) is 1. The summed E-state index contributed by atoms with van der Waals surface area (Å²) in [5, 5.41) is 12.4. The number of rotatable bonds is 5. The van der Waals surface area contributed by atoms with E-state index < -0.39 is 5.92 Å². The molecule has 1 saturated heterocycles. The Morgan fingerprint density at radius 1 is 1.35 bits per heavy atom. The summed E-state index contributed by atoms with van der Waals surface area (Å²) in [6.07, 6.45) is 1.88. The predicted octanol–water partition coefficient (Wildman–Crippen LogP) is 0.955. The lowest BCUT2D eigenvalue weighted by Crippen LogP contribution is -2.44. The number of alkyl halides is 2. The molecule has 0 saturated carbocycles. The second-order valence-corrected chi connectivity index (χ2v) is 5.59. The molecule has 23 heavy (non-hydrogen) atoms. The zero-order chi connectivity index (χ0) is 16.4. The molecule has 0 spiro atoms. The number of aromatic nitrogens is 6. The van der Waals surface area contributed by atoms with Gasteiger partial charge in [-0.25, -0.2) is 13.8 Å². The maximum atomic E-state index is 13.7. The summed E-state index contributed by atoms with van der Waals surface area (Å²) < 4.78 is 35.8. The summed E-state index contributed by atoms with van der Waals surface area (Å²) in [4.78, 5) is 5.73. The van der Waals surface area contributed by atoms with Crippen molar-refractivity contribution in [2.45, 2.75) is 25.3 Å². The van der Waals surface area contributed by atoms with E-state index in [2.05, 4.69) is 20.3 Å². The molecule has 126 valence electrons.